The van der Waals surface area contributed by atoms with Gasteiger partial charge < -0.3 is 14.7 Å². The molecule has 6 rings (SSSR count). The summed E-state index contributed by atoms with van der Waals surface area (Å²) in [5, 5.41) is 0. The second-order valence-electron chi connectivity index (χ2n) is 11.4. The molecular formula is C35H36F3N3S2. The lowest BCUT2D eigenvalue weighted by Crippen LogP contribution is -2.36. The molecule has 0 aliphatic carbocycles. The number of rotatable bonds is 9. The highest BCUT2D eigenvalue weighted by Crippen LogP contribution is 2.50. The predicted molar refractivity (Wildman–Crippen MR) is 174 cm³/mol. The van der Waals surface area contributed by atoms with Crippen LogP contribution in [0.5, 0.6) is 0 Å². The Bertz CT molecular complexity index is 1600. The van der Waals surface area contributed by atoms with E-state index in [0.29, 0.717) is 18.3 Å². The van der Waals surface area contributed by atoms with Crippen LogP contribution in [0.25, 0.3) is 0 Å². The minimum Gasteiger partial charge on any atom is -0.340 e. The smallest absolute Gasteiger partial charge is 0.340 e. The van der Waals surface area contributed by atoms with Gasteiger partial charge in [0.25, 0.3) is 0 Å². The third kappa shape index (κ3) is 6.42. The molecule has 0 saturated heterocycles. The Labute approximate surface area is 261 Å². The molecule has 0 atom stereocenters. The summed E-state index contributed by atoms with van der Waals surface area (Å²) in [6.45, 7) is 9.99. The number of fused-ring (bicyclic) bond motifs is 4. The monoisotopic (exact) mass is 619 g/mol. The van der Waals surface area contributed by atoms with Crippen molar-refractivity contribution < 1.29 is 13.2 Å². The number of nitrogens with zero attached hydrogens (tertiary/aromatic N) is 3. The Kier molecular flexibility index (Phi) is 8.72. The van der Waals surface area contributed by atoms with E-state index in [1.165, 1.54) is 38.9 Å². The maximum atomic E-state index is 13.6. The van der Waals surface area contributed by atoms with Crippen LogP contribution in [0.15, 0.2) is 105 Å². The van der Waals surface area contributed by atoms with Gasteiger partial charge in [-0.1, -0.05) is 53.9 Å². The standard InChI is InChI=1S/C35H36F3N3S2/c1-24(2)39(18-8-20-40-27-10-4-6-12-31(27)42-33-16-14-25(3)22-29(33)40)19-9-21-41-28-11-5-7-13-32(28)43-34-17-15-26(23-30(34)41)35(36,37)38/h4-7,10-17,22-24H,8-9,18-21H2,1-3H3. The number of para-hydroxylation sites is 2. The Hall–Kier alpha value is -3.07. The lowest BCUT2D eigenvalue weighted by atomic mass is 10.1. The van der Waals surface area contributed by atoms with E-state index >= 15 is 0 Å². The molecule has 0 radical (unpaired) electrons. The fourth-order valence-electron chi connectivity index (χ4n) is 5.92. The summed E-state index contributed by atoms with van der Waals surface area (Å²) in [5.41, 5.74) is 4.82. The fourth-order valence-corrected chi connectivity index (χ4v) is 8.07. The average Bonchev–Trinajstić information content (AvgIpc) is 2.98. The van der Waals surface area contributed by atoms with Crippen molar-refractivity contribution in [3.63, 3.8) is 0 Å². The van der Waals surface area contributed by atoms with Gasteiger partial charge in [-0.2, -0.15) is 13.2 Å². The van der Waals surface area contributed by atoms with Crippen LogP contribution < -0.4 is 9.80 Å². The molecule has 0 unspecified atom stereocenters. The first kappa shape index (κ1) is 30.0. The van der Waals surface area contributed by atoms with Crippen LogP contribution >= 0.6 is 23.5 Å². The van der Waals surface area contributed by atoms with Crippen molar-refractivity contribution in [1.29, 1.82) is 0 Å². The SMILES string of the molecule is Cc1ccc2c(c1)N(CCCN(CCCN1c3ccccc3Sc3ccc(C(F)(F)F)cc31)C(C)C)c1ccccc1S2. The van der Waals surface area contributed by atoms with Crippen molar-refractivity contribution in [2.45, 2.75) is 65.4 Å². The van der Waals surface area contributed by atoms with E-state index in [1.54, 1.807) is 17.8 Å². The molecule has 2 heterocycles. The first-order chi connectivity index (χ1) is 20.7. The molecule has 224 valence electrons. The molecule has 8 heteroatoms. The molecule has 3 nitrogen and oxygen atoms in total. The molecule has 4 aromatic rings. The number of alkyl halides is 3. The van der Waals surface area contributed by atoms with Gasteiger partial charge in [-0.05, 0) is 93.8 Å². The summed E-state index contributed by atoms with van der Waals surface area (Å²) in [6.07, 6.45) is -2.52. The lowest BCUT2D eigenvalue weighted by molar-refractivity contribution is -0.137. The minimum atomic E-state index is -4.37. The molecule has 2 aliphatic rings. The molecule has 2 aliphatic heterocycles. The molecule has 43 heavy (non-hydrogen) atoms. The molecule has 0 aromatic heterocycles. The Morgan fingerprint density at radius 3 is 1.67 bits per heavy atom. The predicted octanol–water partition coefficient (Wildman–Crippen LogP) is 10.4. The highest BCUT2D eigenvalue weighted by molar-refractivity contribution is 8.00. The van der Waals surface area contributed by atoms with Crippen LogP contribution in [-0.2, 0) is 6.18 Å². The third-order valence-corrected chi connectivity index (χ3v) is 10.4. The molecule has 0 amide bonds. The fraction of sp³-hybridized carbons (Fsp3) is 0.314. The molecule has 0 bridgehead atoms. The molecular weight excluding hydrogens is 584 g/mol. The van der Waals surface area contributed by atoms with E-state index in [-0.39, 0.29) is 0 Å². The highest BCUT2D eigenvalue weighted by atomic mass is 32.2. The normalized spacial score (nSPS) is 14.0. The number of hydrogen-bond acceptors (Lipinski definition) is 5. The zero-order chi connectivity index (χ0) is 30.1. The molecule has 0 N–H and O–H groups in total. The van der Waals surface area contributed by atoms with E-state index in [0.717, 1.165) is 48.0 Å². The van der Waals surface area contributed by atoms with Crippen molar-refractivity contribution >= 4 is 46.3 Å². The quantitative estimate of drug-likeness (QED) is 0.184. The van der Waals surface area contributed by atoms with E-state index in [2.05, 4.69) is 77.9 Å². The van der Waals surface area contributed by atoms with E-state index in [9.17, 15) is 13.2 Å². The average molecular weight is 620 g/mol. The number of benzene rings is 4. The van der Waals surface area contributed by atoms with Gasteiger partial charge >= 0.3 is 6.18 Å². The number of anilines is 4. The van der Waals surface area contributed by atoms with Gasteiger partial charge in [0.2, 0.25) is 0 Å². The van der Waals surface area contributed by atoms with Crippen LogP contribution in [0.1, 0.15) is 37.8 Å². The van der Waals surface area contributed by atoms with Crippen molar-refractivity contribution in [1.82, 2.24) is 4.90 Å². The topological polar surface area (TPSA) is 9.72 Å². The van der Waals surface area contributed by atoms with Crippen molar-refractivity contribution in [3.05, 3.63) is 96.1 Å². The number of halogens is 3. The van der Waals surface area contributed by atoms with E-state index < -0.39 is 11.7 Å². The number of hydrogen-bond donors (Lipinski definition) is 0. The van der Waals surface area contributed by atoms with Crippen LogP contribution in [0.2, 0.25) is 0 Å². The molecule has 4 aromatic carbocycles. The maximum Gasteiger partial charge on any atom is 0.416 e. The summed E-state index contributed by atoms with van der Waals surface area (Å²) in [5.74, 6) is 0. The van der Waals surface area contributed by atoms with Gasteiger partial charge in [0.1, 0.15) is 0 Å². The van der Waals surface area contributed by atoms with Gasteiger partial charge in [0.05, 0.1) is 28.3 Å². The summed E-state index contributed by atoms with van der Waals surface area (Å²) in [6, 6.07) is 27.8. The summed E-state index contributed by atoms with van der Waals surface area (Å²) in [7, 11) is 0. The highest BCUT2D eigenvalue weighted by Gasteiger charge is 2.33. The Morgan fingerprint density at radius 1 is 0.651 bits per heavy atom. The Balaban J connectivity index is 1.14. The second-order valence-corrected chi connectivity index (χ2v) is 13.6. The number of aryl methyl sites for hydroxylation is 1. The van der Waals surface area contributed by atoms with Gasteiger partial charge in [-0.3, -0.25) is 0 Å². The van der Waals surface area contributed by atoms with E-state index in [4.69, 9.17) is 0 Å². The minimum absolute atomic E-state index is 0.368. The van der Waals surface area contributed by atoms with Gasteiger partial charge in [0, 0.05) is 51.8 Å². The van der Waals surface area contributed by atoms with Crippen LogP contribution in [0, 0.1) is 6.92 Å². The first-order valence-electron chi connectivity index (χ1n) is 14.8. The molecule has 0 saturated carbocycles. The van der Waals surface area contributed by atoms with Gasteiger partial charge in [0.15, 0.2) is 0 Å². The van der Waals surface area contributed by atoms with Crippen molar-refractivity contribution in [2.24, 2.45) is 0 Å². The largest absolute Gasteiger partial charge is 0.416 e. The molecule has 0 spiro atoms. The summed E-state index contributed by atoms with van der Waals surface area (Å²) in [4.78, 5) is 11.6. The summed E-state index contributed by atoms with van der Waals surface area (Å²) >= 11 is 3.38. The van der Waals surface area contributed by atoms with E-state index in [1.807, 2.05) is 36.0 Å². The van der Waals surface area contributed by atoms with Crippen molar-refractivity contribution in [3.8, 4) is 0 Å². The first-order valence-corrected chi connectivity index (χ1v) is 16.5. The van der Waals surface area contributed by atoms with Gasteiger partial charge in [-0.25, -0.2) is 0 Å². The Morgan fingerprint density at radius 2 is 1.14 bits per heavy atom. The third-order valence-electron chi connectivity index (χ3n) is 8.12. The zero-order valence-corrected chi connectivity index (χ0v) is 26.3. The van der Waals surface area contributed by atoms with Crippen LogP contribution in [-0.4, -0.2) is 37.1 Å². The van der Waals surface area contributed by atoms with Crippen LogP contribution in [0.4, 0.5) is 35.9 Å². The molecule has 0 fully saturated rings. The maximum absolute atomic E-state index is 13.6. The van der Waals surface area contributed by atoms with Crippen molar-refractivity contribution in [2.75, 3.05) is 36.0 Å². The zero-order valence-electron chi connectivity index (χ0n) is 24.7. The second kappa shape index (κ2) is 12.5. The van der Waals surface area contributed by atoms with Crippen LogP contribution in [0.3, 0.4) is 0 Å². The lowest BCUT2D eigenvalue weighted by Gasteiger charge is -2.35. The summed E-state index contributed by atoms with van der Waals surface area (Å²) < 4.78 is 40.9. The van der Waals surface area contributed by atoms with Gasteiger partial charge in [-0.15, -0.1) is 0 Å².